The number of esters is 1. The van der Waals surface area contributed by atoms with Gasteiger partial charge in [0.2, 0.25) is 0 Å². The molecule has 4 heteroatoms. The maximum Gasteiger partial charge on any atom is 0.315 e. The Morgan fingerprint density at radius 2 is 1.39 bits per heavy atom. The van der Waals surface area contributed by atoms with Crippen LogP contribution in [-0.2, 0) is 27.0 Å². The number of hydrogen-bond donors (Lipinski definition) is 1. The van der Waals surface area contributed by atoms with E-state index in [1.54, 1.807) is 0 Å². The van der Waals surface area contributed by atoms with Crippen LogP contribution in [0.4, 0.5) is 0 Å². The van der Waals surface area contributed by atoms with Gasteiger partial charge < -0.3 is 14.7 Å². The van der Waals surface area contributed by atoms with E-state index in [-0.39, 0.29) is 11.9 Å². The van der Waals surface area contributed by atoms with E-state index in [1.165, 1.54) is 5.56 Å². The summed E-state index contributed by atoms with van der Waals surface area (Å²) in [5.74, 6) is 0.0171. The highest BCUT2D eigenvalue weighted by Gasteiger charge is 2.41. The number of aliphatic hydroxyl groups is 1. The van der Waals surface area contributed by atoms with Crippen LogP contribution in [0, 0.1) is 5.92 Å². The van der Waals surface area contributed by atoms with Crippen LogP contribution < -0.4 is 0 Å². The third kappa shape index (κ3) is 6.36. The molecule has 0 aliphatic carbocycles. The summed E-state index contributed by atoms with van der Waals surface area (Å²) in [6.07, 6.45) is 5.30. The van der Waals surface area contributed by atoms with Crippen LogP contribution in [0.2, 0.25) is 0 Å². The highest BCUT2D eigenvalue weighted by molar-refractivity contribution is 5.82. The Bertz CT molecular complexity index is 1090. The highest BCUT2D eigenvalue weighted by Crippen LogP contribution is 2.41. The van der Waals surface area contributed by atoms with Crippen LogP contribution in [0.15, 0.2) is 84.9 Å². The van der Waals surface area contributed by atoms with Crippen molar-refractivity contribution in [2.45, 2.75) is 63.9 Å². The molecule has 0 spiro atoms. The van der Waals surface area contributed by atoms with Gasteiger partial charge in [-0.25, -0.2) is 0 Å². The second-order valence-corrected chi connectivity index (χ2v) is 11.1. The van der Waals surface area contributed by atoms with Gasteiger partial charge in [-0.15, -0.1) is 0 Å². The number of piperidine rings is 1. The molecule has 0 unspecified atom stereocenters. The average Bonchev–Trinajstić information content (AvgIpc) is 2.96. The number of nitrogens with zero attached hydrogens (tertiary/aromatic N) is 1. The van der Waals surface area contributed by atoms with Crippen LogP contribution in [0.3, 0.4) is 0 Å². The smallest absolute Gasteiger partial charge is 0.315 e. The van der Waals surface area contributed by atoms with Crippen molar-refractivity contribution < 1.29 is 14.6 Å². The summed E-state index contributed by atoms with van der Waals surface area (Å²) in [6.45, 7) is 9.21. The maximum absolute atomic E-state index is 12.3. The minimum Gasteiger partial charge on any atom is -0.465 e. The van der Waals surface area contributed by atoms with Gasteiger partial charge in [0.25, 0.3) is 0 Å². The van der Waals surface area contributed by atoms with Gasteiger partial charge in [0, 0.05) is 0 Å². The van der Waals surface area contributed by atoms with Gasteiger partial charge in [-0.05, 0) is 101 Å². The van der Waals surface area contributed by atoms with Gasteiger partial charge in [0.15, 0.2) is 0 Å². The van der Waals surface area contributed by atoms with Crippen molar-refractivity contribution >= 4 is 5.97 Å². The van der Waals surface area contributed by atoms with E-state index in [1.807, 2.05) is 57.2 Å². The lowest BCUT2D eigenvalue weighted by atomic mass is 9.72. The fourth-order valence-corrected chi connectivity index (χ4v) is 5.78. The van der Waals surface area contributed by atoms with Crippen molar-refractivity contribution in [1.82, 2.24) is 4.90 Å². The number of likely N-dealkylation sites (tertiary alicyclic amines) is 1. The lowest BCUT2D eigenvalue weighted by molar-refractivity contribution is -0.148. The van der Waals surface area contributed by atoms with E-state index < -0.39 is 11.0 Å². The van der Waals surface area contributed by atoms with E-state index in [4.69, 9.17) is 4.74 Å². The molecule has 3 aromatic rings. The molecule has 1 fully saturated rings. The zero-order valence-corrected chi connectivity index (χ0v) is 23.2. The van der Waals surface area contributed by atoms with Crippen molar-refractivity contribution in [1.29, 1.82) is 0 Å². The first-order valence-corrected chi connectivity index (χ1v) is 14.2. The molecule has 202 valence electrons. The molecule has 1 N–H and O–H groups in total. The summed E-state index contributed by atoms with van der Waals surface area (Å²) in [5, 5.41) is 12.1. The third-order valence-electron chi connectivity index (χ3n) is 8.26. The molecule has 0 bridgehead atoms. The molecule has 0 radical (unpaired) electrons. The van der Waals surface area contributed by atoms with Gasteiger partial charge in [-0.3, -0.25) is 4.79 Å². The number of hydrogen-bond acceptors (Lipinski definition) is 4. The van der Waals surface area contributed by atoms with Gasteiger partial charge >= 0.3 is 5.97 Å². The van der Waals surface area contributed by atoms with E-state index in [0.717, 1.165) is 68.4 Å². The lowest BCUT2D eigenvalue weighted by Gasteiger charge is -2.42. The predicted octanol–water partition coefficient (Wildman–Crippen LogP) is 6.50. The van der Waals surface area contributed by atoms with Crippen LogP contribution in [-0.4, -0.2) is 42.2 Å². The van der Waals surface area contributed by atoms with Crippen LogP contribution in [0.5, 0.6) is 0 Å². The third-order valence-corrected chi connectivity index (χ3v) is 8.26. The first kappa shape index (κ1) is 28.1. The zero-order chi connectivity index (χ0) is 27.0. The minimum atomic E-state index is -0.956. The van der Waals surface area contributed by atoms with Crippen molar-refractivity contribution in [3.8, 4) is 0 Å². The Kier molecular flexibility index (Phi) is 9.40. The minimum absolute atomic E-state index is 0.178. The second kappa shape index (κ2) is 12.7. The summed E-state index contributed by atoms with van der Waals surface area (Å²) in [7, 11) is 0. The Hall–Kier alpha value is -2.95. The van der Waals surface area contributed by atoms with Crippen molar-refractivity contribution in [2.75, 3.05) is 26.2 Å². The Labute approximate surface area is 228 Å². The molecule has 0 saturated carbocycles. The molecule has 1 aliphatic rings. The van der Waals surface area contributed by atoms with Gasteiger partial charge in [-0.1, -0.05) is 84.9 Å². The van der Waals surface area contributed by atoms with Crippen LogP contribution in [0.25, 0.3) is 0 Å². The molecule has 0 atom stereocenters. The Balaban J connectivity index is 1.27. The average molecular weight is 514 g/mol. The molecular formula is C34H43NO3. The molecule has 1 aliphatic heterocycles. The second-order valence-electron chi connectivity index (χ2n) is 11.1. The first-order valence-electron chi connectivity index (χ1n) is 14.2. The van der Waals surface area contributed by atoms with Crippen LogP contribution in [0.1, 0.15) is 68.7 Å². The molecule has 0 aromatic heterocycles. The number of benzene rings is 3. The largest absolute Gasteiger partial charge is 0.465 e. The number of aryl methyl sites for hydroxylation is 1. The van der Waals surface area contributed by atoms with Crippen molar-refractivity contribution in [2.24, 2.45) is 5.92 Å². The maximum atomic E-state index is 12.3. The number of carbonyl (C=O) groups excluding carboxylic acids is 1. The standard InChI is InChI=1S/C34H43NO3/c1-4-38-32(36)33(2,3)28-20-18-27(19-21-28)13-11-12-24-35-25-22-31(23-26-35)34(37,29-14-7-5-8-15-29)30-16-9-6-10-17-30/h5-10,14-21,31,37H,4,11-13,22-26H2,1-3H3. The van der Waals surface area contributed by atoms with E-state index >= 15 is 0 Å². The lowest BCUT2D eigenvalue weighted by Crippen LogP contribution is -2.44. The zero-order valence-electron chi connectivity index (χ0n) is 23.2. The fraction of sp³-hybridized carbons (Fsp3) is 0.441. The first-order chi connectivity index (χ1) is 18.4. The van der Waals surface area contributed by atoms with E-state index in [9.17, 15) is 9.90 Å². The molecular weight excluding hydrogens is 470 g/mol. The normalized spacial score (nSPS) is 15.4. The number of unbranched alkanes of at least 4 members (excludes halogenated alkanes) is 1. The van der Waals surface area contributed by atoms with E-state index in [0.29, 0.717) is 6.61 Å². The van der Waals surface area contributed by atoms with E-state index in [2.05, 4.69) is 53.4 Å². The Morgan fingerprint density at radius 3 is 1.92 bits per heavy atom. The molecule has 0 amide bonds. The van der Waals surface area contributed by atoms with Gasteiger partial charge in [-0.2, -0.15) is 0 Å². The summed E-state index contributed by atoms with van der Waals surface area (Å²) in [6, 6.07) is 28.8. The number of rotatable bonds is 11. The molecule has 4 nitrogen and oxygen atoms in total. The SMILES string of the molecule is CCOC(=O)C(C)(C)c1ccc(CCCCN2CCC(C(O)(c3ccccc3)c3ccccc3)CC2)cc1. The molecule has 4 rings (SSSR count). The quantitative estimate of drug-likeness (QED) is 0.235. The summed E-state index contributed by atoms with van der Waals surface area (Å²) >= 11 is 0. The van der Waals surface area contributed by atoms with Crippen molar-refractivity contribution in [3.05, 3.63) is 107 Å². The molecule has 3 aromatic carbocycles. The van der Waals surface area contributed by atoms with Crippen molar-refractivity contribution in [3.63, 3.8) is 0 Å². The number of ether oxygens (including phenoxy) is 1. The highest BCUT2D eigenvalue weighted by atomic mass is 16.5. The summed E-state index contributed by atoms with van der Waals surface area (Å²) in [4.78, 5) is 14.8. The summed E-state index contributed by atoms with van der Waals surface area (Å²) in [5.41, 5.74) is 2.69. The Morgan fingerprint density at radius 1 is 0.842 bits per heavy atom. The summed E-state index contributed by atoms with van der Waals surface area (Å²) < 4.78 is 5.24. The predicted molar refractivity (Wildman–Crippen MR) is 154 cm³/mol. The molecule has 38 heavy (non-hydrogen) atoms. The number of carbonyl (C=O) groups is 1. The van der Waals surface area contributed by atoms with Gasteiger partial charge in [0.1, 0.15) is 5.60 Å². The monoisotopic (exact) mass is 513 g/mol. The van der Waals surface area contributed by atoms with Crippen LogP contribution >= 0.6 is 0 Å². The molecule has 1 saturated heterocycles. The van der Waals surface area contributed by atoms with Gasteiger partial charge in [0.05, 0.1) is 12.0 Å². The molecule has 1 heterocycles. The topological polar surface area (TPSA) is 49.8 Å². The fourth-order valence-electron chi connectivity index (χ4n) is 5.78.